The van der Waals surface area contributed by atoms with Crippen LogP contribution in [0, 0.1) is 22.7 Å². The van der Waals surface area contributed by atoms with Crippen LogP contribution in [0.2, 0.25) is 0 Å². The Kier molecular flexibility index (Phi) is 7.05. The van der Waals surface area contributed by atoms with Crippen molar-refractivity contribution in [2.75, 3.05) is 18.8 Å². The largest absolute Gasteiger partial charge is 0.461 e. The molecule has 2 aromatic rings. The predicted molar refractivity (Wildman–Crippen MR) is 91.2 cm³/mol. The van der Waals surface area contributed by atoms with E-state index >= 15 is 0 Å². The summed E-state index contributed by atoms with van der Waals surface area (Å²) in [5.74, 6) is 1.29. The molecule has 2 aromatic heterocycles. The molecule has 0 aliphatic rings. The first-order chi connectivity index (χ1) is 12.2. The van der Waals surface area contributed by atoms with E-state index < -0.39 is 0 Å². The Labute approximate surface area is 150 Å². The molecular formula is C16H18N6O2S. The van der Waals surface area contributed by atoms with Crippen molar-refractivity contribution in [1.82, 2.24) is 19.7 Å². The van der Waals surface area contributed by atoms with Crippen LogP contribution in [0.3, 0.4) is 0 Å². The van der Waals surface area contributed by atoms with Crippen molar-refractivity contribution in [2.45, 2.75) is 31.5 Å². The first-order valence-electron chi connectivity index (χ1n) is 7.82. The standard InChI is InChI=1S/C16H18N6O2S/c1-2-22-15(13-6-3-11-24-13)19-20-16(22)25-12-14(23)21(9-4-7-17)10-5-8-18/h3,6,11H,2,4-5,9-10,12H2,1H3. The molecule has 0 aromatic carbocycles. The fourth-order valence-corrected chi connectivity index (χ4v) is 3.12. The van der Waals surface area contributed by atoms with Gasteiger partial charge in [0.15, 0.2) is 16.7 Å². The van der Waals surface area contributed by atoms with Crippen molar-refractivity contribution in [3.05, 3.63) is 18.4 Å². The molecule has 2 rings (SSSR count). The molecule has 25 heavy (non-hydrogen) atoms. The van der Waals surface area contributed by atoms with Crippen LogP contribution in [-0.2, 0) is 11.3 Å². The van der Waals surface area contributed by atoms with E-state index in [4.69, 9.17) is 14.9 Å². The number of rotatable bonds is 9. The average Bonchev–Trinajstić information content (AvgIpc) is 3.28. The van der Waals surface area contributed by atoms with Crippen LogP contribution >= 0.6 is 11.8 Å². The number of hydrogen-bond donors (Lipinski definition) is 0. The smallest absolute Gasteiger partial charge is 0.233 e. The molecule has 0 aliphatic heterocycles. The van der Waals surface area contributed by atoms with Gasteiger partial charge in [0.05, 0.1) is 37.0 Å². The monoisotopic (exact) mass is 358 g/mol. The normalized spacial score (nSPS) is 10.2. The fourth-order valence-electron chi connectivity index (χ4n) is 2.22. The third kappa shape index (κ3) is 4.85. The zero-order valence-electron chi connectivity index (χ0n) is 13.9. The summed E-state index contributed by atoms with van der Waals surface area (Å²) in [5, 5.41) is 26.3. The van der Waals surface area contributed by atoms with Gasteiger partial charge in [0.1, 0.15) is 0 Å². The zero-order chi connectivity index (χ0) is 18.1. The summed E-state index contributed by atoms with van der Waals surface area (Å²) in [5.41, 5.74) is 0. The van der Waals surface area contributed by atoms with Crippen LogP contribution < -0.4 is 0 Å². The lowest BCUT2D eigenvalue weighted by Crippen LogP contribution is -2.34. The number of aromatic nitrogens is 3. The zero-order valence-corrected chi connectivity index (χ0v) is 14.7. The molecule has 0 N–H and O–H groups in total. The summed E-state index contributed by atoms with van der Waals surface area (Å²) in [6.45, 7) is 3.27. The molecule has 0 fully saturated rings. The minimum atomic E-state index is -0.124. The summed E-state index contributed by atoms with van der Waals surface area (Å²) in [7, 11) is 0. The number of nitriles is 2. The Morgan fingerprint density at radius 1 is 1.32 bits per heavy atom. The summed E-state index contributed by atoms with van der Waals surface area (Å²) in [6.07, 6.45) is 2.06. The average molecular weight is 358 g/mol. The molecule has 130 valence electrons. The van der Waals surface area contributed by atoms with Crippen molar-refractivity contribution in [3.63, 3.8) is 0 Å². The highest BCUT2D eigenvalue weighted by atomic mass is 32.2. The number of amides is 1. The maximum Gasteiger partial charge on any atom is 0.233 e. The molecule has 0 unspecified atom stereocenters. The second-order valence-electron chi connectivity index (χ2n) is 5.01. The molecule has 0 saturated carbocycles. The second-order valence-corrected chi connectivity index (χ2v) is 5.96. The molecule has 9 heteroatoms. The van der Waals surface area contributed by atoms with Crippen LogP contribution in [0.5, 0.6) is 0 Å². The van der Waals surface area contributed by atoms with E-state index in [0.29, 0.717) is 36.4 Å². The predicted octanol–water partition coefficient (Wildman–Crippen LogP) is 2.31. The van der Waals surface area contributed by atoms with E-state index in [0.717, 1.165) is 0 Å². The van der Waals surface area contributed by atoms with E-state index in [1.807, 2.05) is 23.6 Å². The molecule has 2 heterocycles. The number of thioether (sulfide) groups is 1. The Morgan fingerprint density at radius 3 is 2.60 bits per heavy atom. The van der Waals surface area contributed by atoms with Gasteiger partial charge < -0.3 is 9.32 Å². The maximum atomic E-state index is 12.4. The van der Waals surface area contributed by atoms with Crippen LogP contribution in [0.25, 0.3) is 11.6 Å². The van der Waals surface area contributed by atoms with E-state index in [1.165, 1.54) is 11.8 Å². The van der Waals surface area contributed by atoms with Gasteiger partial charge >= 0.3 is 0 Å². The highest BCUT2D eigenvalue weighted by Crippen LogP contribution is 2.24. The lowest BCUT2D eigenvalue weighted by atomic mass is 10.3. The fraction of sp³-hybridized carbons (Fsp3) is 0.438. The number of furan rings is 1. The molecule has 0 spiro atoms. The third-order valence-electron chi connectivity index (χ3n) is 3.44. The van der Waals surface area contributed by atoms with E-state index in [-0.39, 0.29) is 24.5 Å². The minimum absolute atomic E-state index is 0.124. The molecule has 0 radical (unpaired) electrons. The molecular weight excluding hydrogens is 340 g/mol. The Bertz CT molecular complexity index is 754. The lowest BCUT2D eigenvalue weighted by Gasteiger charge is -2.20. The van der Waals surface area contributed by atoms with Crippen molar-refractivity contribution in [1.29, 1.82) is 10.5 Å². The first kappa shape index (κ1) is 18.6. The van der Waals surface area contributed by atoms with Crippen LogP contribution in [0.1, 0.15) is 19.8 Å². The van der Waals surface area contributed by atoms with Crippen molar-refractivity contribution >= 4 is 17.7 Å². The topological polar surface area (TPSA) is 112 Å². The Morgan fingerprint density at radius 2 is 2.04 bits per heavy atom. The van der Waals surface area contributed by atoms with E-state index in [2.05, 4.69) is 10.2 Å². The minimum Gasteiger partial charge on any atom is -0.461 e. The van der Waals surface area contributed by atoms with Crippen molar-refractivity contribution in [3.8, 4) is 23.7 Å². The summed E-state index contributed by atoms with van der Waals surface area (Å²) in [4.78, 5) is 13.9. The van der Waals surface area contributed by atoms with Gasteiger partial charge in [0.2, 0.25) is 5.91 Å². The number of carbonyl (C=O) groups excluding carboxylic acids is 1. The summed E-state index contributed by atoms with van der Waals surface area (Å²) < 4.78 is 7.24. The molecule has 8 nitrogen and oxygen atoms in total. The maximum absolute atomic E-state index is 12.4. The van der Waals surface area contributed by atoms with Gasteiger partial charge in [-0.1, -0.05) is 11.8 Å². The number of carbonyl (C=O) groups is 1. The quantitative estimate of drug-likeness (QED) is 0.632. The van der Waals surface area contributed by atoms with Gasteiger partial charge in [0.25, 0.3) is 0 Å². The van der Waals surface area contributed by atoms with E-state index in [9.17, 15) is 4.79 Å². The number of hydrogen-bond acceptors (Lipinski definition) is 7. The van der Waals surface area contributed by atoms with Crippen LogP contribution in [0.15, 0.2) is 28.0 Å². The van der Waals surface area contributed by atoms with Gasteiger partial charge in [-0.05, 0) is 19.1 Å². The Hall–Kier alpha value is -2.78. The third-order valence-corrected chi connectivity index (χ3v) is 4.39. The summed E-state index contributed by atoms with van der Waals surface area (Å²) >= 11 is 1.28. The Balaban J connectivity index is 2.03. The molecule has 0 saturated heterocycles. The van der Waals surface area contributed by atoms with Gasteiger partial charge in [-0.3, -0.25) is 9.36 Å². The van der Waals surface area contributed by atoms with Gasteiger partial charge in [-0.2, -0.15) is 10.5 Å². The molecule has 0 bridgehead atoms. The van der Waals surface area contributed by atoms with Crippen LogP contribution in [-0.4, -0.2) is 44.4 Å². The summed E-state index contributed by atoms with van der Waals surface area (Å²) in [6, 6.07) is 7.63. The second kappa shape index (κ2) is 9.50. The SMILES string of the molecule is CCn1c(SCC(=O)N(CCC#N)CCC#N)nnc1-c1ccco1. The highest BCUT2D eigenvalue weighted by Gasteiger charge is 2.18. The molecule has 1 amide bonds. The lowest BCUT2D eigenvalue weighted by molar-refractivity contribution is -0.128. The van der Waals surface area contributed by atoms with Gasteiger partial charge in [-0.15, -0.1) is 10.2 Å². The van der Waals surface area contributed by atoms with Gasteiger partial charge in [0, 0.05) is 19.6 Å². The molecule has 0 aliphatic carbocycles. The van der Waals surface area contributed by atoms with E-state index in [1.54, 1.807) is 23.3 Å². The molecule has 0 atom stereocenters. The number of nitrogens with zero attached hydrogens (tertiary/aromatic N) is 6. The first-order valence-corrected chi connectivity index (χ1v) is 8.81. The van der Waals surface area contributed by atoms with Crippen molar-refractivity contribution < 1.29 is 9.21 Å². The van der Waals surface area contributed by atoms with Gasteiger partial charge in [-0.25, -0.2) is 0 Å². The van der Waals surface area contributed by atoms with Crippen molar-refractivity contribution in [2.24, 2.45) is 0 Å². The van der Waals surface area contributed by atoms with Crippen LogP contribution in [0.4, 0.5) is 0 Å². The highest BCUT2D eigenvalue weighted by molar-refractivity contribution is 7.99.